The van der Waals surface area contributed by atoms with Crippen LogP contribution in [0.15, 0.2) is 78.9 Å². The summed E-state index contributed by atoms with van der Waals surface area (Å²) < 4.78 is 0. The molecule has 1 amide bonds. The lowest BCUT2D eigenvalue weighted by Crippen LogP contribution is -3.15. The monoisotopic (exact) mass is 416 g/mol. The molecule has 0 radical (unpaired) electrons. The molecule has 31 heavy (non-hydrogen) atoms. The molecule has 3 aromatic rings. The molecular weight excluding hydrogens is 390 g/mol. The molecule has 158 valence electrons. The van der Waals surface area contributed by atoms with Crippen molar-refractivity contribution in [1.29, 1.82) is 0 Å². The van der Waals surface area contributed by atoms with Gasteiger partial charge in [0.2, 0.25) is 0 Å². The molecule has 0 aromatic heterocycles. The number of quaternary nitrogens is 1. The van der Waals surface area contributed by atoms with Gasteiger partial charge >= 0.3 is 0 Å². The van der Waals surface area contributed by atoms with Crippen LogP contribution in [0.4, 0.5) is 11.4 Å². The Labute approximate surface area is 181 Å². The molecule has 3 aromatic carbocycles. The number of hydrogen-bond donors (Lipinski definition) is 3. The fraction of sp³-hybridized carbons (Fsp3) is 0.200. The lowest BCUT2D eigenvalue weighted by Gasteiger charge is -2.33. The number of anilines is 2. The first-order valence-electron chi connectivity index (χ1n) is 10.5. The first-order valence-corrected chi connectivity index (χ1v) is 10.5. The van der Waals surface area contributed by atoms with Gasteiger partial charge in [0.25, 0.3) is 5.91 Å². The molecule has 1 fully saturated rings. The highest BCUT2D eigenvalue weighted by Crippen LogP contribution is 2.20. The highest BCUT2D eigenvalue weighted by atomic mass is 16.3. The molecule has 0 bridgehead atoms. The van der Waals surface area contributed by atoms with Crippen LogP contribution in [0.3, 0.4) is 0 Å². The van der Waals surface area contributed by atoms with E-state index in [9.17, 15) is 14.7 Å². The Hall–Kier alpha value is -3.64. The number of piperazine rings is 1. The van der Waals surface area contributed by atoms with Crippen molar-refractivity contribution in [3.05, 3.63) is 90.0 Å². The Morgan fingerprint density at radius 2 is 1.52 bits per heavy atom. The Morgan fingerprint density at radius 1 is 0.871 bits per heavy atom. The summed E-state index contributed by atoms with van der Waals surface area (Å²) in [6, 6.07) is 23.4. The molecule has 6 nitrogen and oxygen atoms in total. The Bertz CT molecular complexity index is 1040. The highest BCUT2D eigenvalue weighted by molar-refractivity contribution is 6.13. The average Bonchev–Trinajstić information content (AvgIpc) is 2.81. The number of phenols is 1. The van der Waals surface area contributed by atoms with Gasteiger partial charge in [0.15, 0.2) is 12.3 Å². The molecule has 0 unspecified atom stereocenters. The zero-order valence-corrected chi connectivity index (χ0v) is 17.3. The molecule has 0 spiro atoms. The van der Waals surface area contributed by atoms with Gasteiger partial charge in [0.05, 0.1) is 31.9 Å². The van der Waals surface area contributed by atoms with Crippen molar-refractivity contribution in [2.24, 2.45) is 0 Å². The van der Waals surface area contributed by atoms with E-state index < -0.39 is 0 Å². The lowest BCUT2D eigenvalue weighted by atomic mass is 10.0. The molecule has 1 saturated heterocycles. The number of phenolic OH excluding ortho intramolecular Hbond substituents is 1. The van der Waals surface area contributed by atoms with Crippen LogP contribution in [0.25, 0.3) is 0 Å². The van der Waals surface area contributed by atoms with Crippen molar-refractivity contribution in [3.63, 3.8) is 0 Å². The van der Waals surface area contributed by atoms with E-state index in [1.165, 1.54) is 4.90 Å². The van der Waals surface area contributed by atoms with E-state index in [0.29, 0.717) is 23.4 Å². The van der Waals surface area contributed by atoms with E-state index in [1.807, 2.05) is 36.4 Å². The Balaban J connectivity index is 1.35. The van der Waals surface area contributed by atoms with Crippen LogP contribution in [-0.4, -0.2) is 49.5 Å². The number of hydrogen-bond acceptors (Lipinski definition) is 4. The number of rotatable bonds is 6. The van der Waals surface area contributed by atoms with Gasteiger partial charge in [0.1, 0.15) is 5.75 Å². The molecule has 0 aliphatic carbocycles. The van der Waals surface area contributed by atoms with Crippen LogP contribution in [0.5, 0.6) is 5.75 Å². The van der Waals surface area contributed by atoms with Gasteiger partial charge in [-0.15, -0.1) is 0 Å². The number of ketones is 1. The minimum absolute atomic E-state index is 0.0959. The van der Waals surface area contributed by atoms with Crippen LogP contribution in [0, 0.1) is 0 Å². The maximum atomic E-state index is 12.9. The number of amides is 1. The fourth-order valence-electron chi connectivity index (χ4n) is 3.88. The smallest absolute Gasteiger partial charge is 0.279 e. The fourth-order valence-corrected chi connectivity index (χ4v) is 3.88. The van der Waals surface area contributed by atoms with Gasteiger partial charge in [-0.25, -0.2) is 0 Å². The van der Waals surface area contributed by atoms with E-state index in [4.69, 9.17) is 0 Å². The largest absolute Gasteiger partial charge is 0.508 e. The summed E-state index contributed by atoms with van der Waals surface area (Å²) in [6.07, 6.45) is 0. The second-order valence-corrected chi connectivity index (χ2v) is 7.72. The van der Waals surface area contributed by atoms with E-state index in [0.717, 1.165) is 31.9 Å². The number of benzene rings is 3. The molecule has 1 heterocycles. The number of nitrogens with one attached hydrogen (secondary N) is 2. The summed E-state index contributed by atoms with van der Waals surface area (Å²) >= 11 is 0. The molecule has 3 N–H and O–H groups in total. The van der Waals surface area contributed by atoms with Gasteiger partial charge in [-0.05, 0) is 36.4 Å². The zero-order valence-electron chi connectivity index (χ0n) is 17.3. The summed E-state index contributed by atoms with van der Waals surface area (Å²) in [5.41, 5.74) is 2.72. The third kappa shape index (κ3) is 5.10. The quantitative estimate of drug-likeness (QED) is 0.537. The second-order valence-electron chi connectivity index (χ2n) is 7.72. The normalized spacial score (nSPS) is 14.3. The van der Waals surface area contributed by atoms with E-state index in [1.54, 1.807) is 42.5 Å². The first kappa shape index (κ1) is 20.6. The summed E-state index contributed by atoms with van der Waals surface area (Å²) in [5, 5.41) is 12.4. The summed E-state index contributed by atoms with van der Waals surface area (Å²) in [7, 11) is 0. The molecule has 1 aliphatic heterocycles. The summed E-state index contributed by atoms with van der Waals surface area (Å²) in [5.74, 6) is 0.0588. The molecule has 1 aliphatic rings. The van der Waals surface area contributed by atoms with Crippen LogP contribution in [-0.2, 0) is 4.79 Å². The van der Waals surface area contributed by atoms with Gasteiger partial charge in [-0.2, -0.15) is 0 Å². The summed E-state index contributed by atoms with van der Waals surface area (Å²) in [4.78, 5) is 29.0. The van der Waals surface area contributed by atoms with Gasteiger partial charge in [-0.3, -0.25) is 9.59 Å². The molecule has 6 heteroatoms. The second kappa shape index (κ2) is 9.45. The van der Waals surface area contributed by atoms with Crippen LogP contribution in [0.2, 0.25) is 0 Å². The number of nitrogens with zero attached hydrogens (tertiary/aromatic N) is 1. The Kier molecular flexibility index (Phi) is 6.29. The van der Waals surface area contributed by atoms with Crippen LogP contribution in [0.1, 0.15) is 15.9 Å². The predicted molar refractivity (Wildman–Crippen MR) is 121 cm³/mol. The number of aromatic hydroxyl groups is 1. The minimum atomic E-state index is -0.105. The third-order valence-corrected chi connectivity index (χ3v) is 5.58. The van der Waals surface area contributed by atoms with Gasteiger partial charge < -0.3 is 20.2 Å². The maximum absolute atomic E-state index is 12.9. The van der Waals surface area contributed by atoms with E-state index in [-0.39, 0.29) is 17.4 Å². The molecule has 0 atom stereocenters. The number of carbonyl (C=O) groups excluding carboxylic acids is 2. The molecular formula is C25H26N3O3+. The first-order chi connectivity index (χ1) is 15.1. The number of carbonyl (C=O) groups is 2. The van der Waals surface area contributed by atoms with Crippen molar-refractivity contribution >= 4 is 23.1 Å². The van der Waals surface area contributed by atoms with E-state index in [2.05, 4.69) is 10.2 Å². The van der Waals surface area contributed by atoms with Crippen LogP contribution >= 0.6 is 0 Å². The van der Waals surface area contributed by atoms with Gasteiger partial charge in [-0.1, -0.05) is 42.5 Å². The lowest BCUT2D eigenvalue weighted by molar-refractivity contribution is -0.892. The minimum Gasteiger partial charge on any atom is -0.508 e. The highest BCUT2D eigenvalue weighted by Gasteiger charge is 2.23. The molecule has 0 saturated carbocycles. The number of para-hydroxylation sites is 1. The third-order valence-electron chi connectivity index (χ3n) is 5.58. The van der Waals surface area contributed by atoms with Crippen LogP contribution < -0.4 is 15.1 Å². The average molecular weight is 417 g/mol. The predicted octanol–water partition coefficient (Wildman–Crippen LogP) is 1.97. The van der Waals surface area contributed by atoms with E-state index >= 15 is 0 Å². The summed E-state index contributed by atoms with van der Waals surface area (Å²) in [6.45, 7) is 3.74. The van der Waals surface area contributed by atoms with Crippen molar-refractivity contribution < 1.29 is 19.6 Å². The van der Waals surface area contributed by atoms with Crippen molar-refractivity contribution in [2.45, 2.75) is 0 Å². The standard InChI is InChI=1S/C25H25N3O3/c29-21-12-10-20(11-13-21)28-16-14-27(15-17-28)18-24(30)26-23-9-5-4-8-22(23)25(31)19-6-2-1-3-7-19/h1-13,29H,14-18H2,(H,26,30)/p+1. The zero-order chi connectivity index (χ0) is 21.6. The SMILES string of the molecule is O=C(C[NH+]1CCN(c2ccc(O)cc2)CC1)Nc1ccccc1C(=O)c1ccccc1. The van der Waals surface area contributed by atoms with Gasteiger partial charge in [0, 0.05) is 16.8 Å². The maximum Gasteiger partial charge on any atom is 0.279 e. The molecule has 4 rings (SSSR count). The topological polar surface area (TPSA) is 74.1 Å². The van der Waals surface area contributed by atoms with Crippen molar-refractivity contribution in [1.82, 2.24) is 0 Å². The Morgan fingerprint density at radius 3 is 2.23 bits per heavy atom. The van der Waals surface area contributed by atoms with Crippen molar-refractivity contribution in [3.8, 4) is 5.75 Å². The van der Waals surface area contributed by atoms with Crippen molar-refractivity contribution in [2.75, 3.05) is 42.9 Å².